The lowest BCUT2D eigenvalue weighted by Gasteiger charge is -2.18. The summed E-state index contributed by atoms with van der Waals surface area (Å²) in [7, 11) is -4.76. The molecule has 0 radical (unpaired) electrons. The van der Waals surface area contributed by atoms with Gasteiger partial charge in [-0.1, -0.05) is 198 Å². The molecule has 9 heteroatoms. The number of phosphoric ester groups is 1. The molecular weight excluding hydrogens is 711 g/mol. The summed E-state index contributed by atoms with van der Waals surface area (Å²) in [4.78, 5) is 42.9. The Morgan fingerprint density at radius 2 is 0.818 bits per heavy atom. The van der Waals surface area contributed by atoms with E-state index in [0.717, 1.165) is 57.8 Å². The number of ether oxygens (including phenoxy) is 2. The lowest BCUT2D eigenvalue weighted by atomic mass is 10.0. The minimum Gasteiger partial charge on any atom is -0.462 e. The second-order valence-corrected chi connectivity index (χ2v) is 16.6. The summed E-state index contributed by atoms with van der Waals surface area (Å²) in [6.07, 6.45) is 50.1. The highest BCUT2D eigenvalue weighted by Crippen LogP contribution is 2.36. The van der Waals surface area contributed by atoms with Gasteiger partial charge in [-0.25, -0.2) is 4.57 Å². The Morgan fingerprint density at radius 3 is 1.25 bits per heavy atom. The maximum atomic E-state index is 12.4. The van der Waals surface area contributed by atoms with E-state index in [9.17, 15) is 14.2 Å². The smallest absolute Gasteiger partial charge is 0.462 e. The van der Waals surface area contributed by atoms with Crippen molar-refractivity contribution in [2.24, 2.45) is 0 Å². The second kappa shape index (κ2) is 41.9. The molecule has 2 N–H and O–H groups in total. The van der Waals surface area contributed by atoms with Crippen molar-refractivity contribution in [3.05, 3.63) is 36.5 Å². The van der Waals surface area contributed by atoms with E-state index in [1.165, 1.54) is 128 Å². The average Bonchev–Trinajstić information content (AvgIpc) is 3.16. The SMILES string of the molecule is CCCCC/C=C/C/C=C/C/C=C/CCCCCCC(=O)OC[C@H](COP(=O)(O)O)OC(=O)CCCCCCCCCCCCCCCCCCCCCC. The fourth-order valence-electron chi connectivity index (χ4n) is 6.50. The quantitative estimate of drug-likeness (QED) is 0.0271. The molecule has 0 aromatic heterocycles. The topological polar surface area (TPSA) is 119 Å². The van der Waals surface area contributed by atoms with Crippen molar-refractivity contribution in [3.8, 4) is 0 Å². The molecule has 0 saturated carbocycles. The van der Waals surface area contributed by atoms with E-state index in [4.69, 9.17) is 19.3 Å². The van der Waals surface area contributed by atoms with Crippen molar-refractivity contribution in [2.75, 3.05) is 13.2 Å². The number of hydrogen-bond acceptors (Lipinski definition) is 6. The number of phosphoric acid groups is 1. The molecule has 0 aliphatic rings. The predicted molar refractivity (Wildman–Crippen MR) is 230 cm³/mol. The third-order valence-corrected chi connectivity index (χ3v) is 10.4. The van der Waals surface area contributed by atoms with Crippen LogP contribution in [0.2, 0.25) is 0 Å². The first kappa shape index (κ1) is 53.3. The normalized spacial score (nSPS) is 12.7. The standard InChI is InChI=1S/C46H85O8P/c1-3-5-7-9-11-13-15-17-19-21-22-23-25-27-29-31-33-35-37-39-41-46(48)54-44(43-53-55(49,50)51)42-52-45(47)40-38-36-34-32-30-28-26-24-20-18-16-14-12-10-8-6-4-2/h12,14,18,20,26,28,44H,3-11,13,15-17,19,21-25,27,29-43H2,1-2H3,(H2,49,50,51)/b14-12+,20-18+,28-26+/t44-/m1/s1. The molecule has 0 fully saturated rings. The van der Waals surface area contributed by atoms with Crippen LogP contribution in [0.3, 0.4) is 0 Å². The van der Waals surface area contributed by atoms with E-state index in [2.05, 4.69) is 54.8 Å². The van der Waals surface area contributed by atoms with E-state index >= 15 is 0 Å². The van der Waals surface area contributed by atoms with Gasteiger partial charge in [-0.15, -0.1) is 0 Å². The molecule has 55 heavy (non-hydrogen) atoms. The number of hydrogen-bond donors (Lipinski definition) is 2. The van der Waals surface area contributed by atoms with Crippen molar-refractivity contribution in [3.63, 3.8) is 0 Å². The molecule has 0 unspecified atom stereocenters. The van der Waals surface area contributed by atoms with Crippen LogP contribution in [0.4, 0.5) is 0 Å². The molecule has 1 atom stereocenters. The minimum absolute atomic E-state index is 0.210. The van der Waals surface area contributed by atoms with Gasteiger partial charge in [-0.2, -0.15) is 0 Å². The molecule has 0 saturated heterocycles. The van der Waals surface area contributed by atoms with Crippen LogP contribution < -0.4 is 0 Å². The van der Waals surface area contributed by atoms with Crippen molar-refractivity contribution in [1.82, 2.24) is 0 Å². The van der Waals surface area contributed by atoms with Crippen molar-refractivity contribution >= 4 is 19.8 Å². The molecule has 0 amide bonds. The Kier molecular flexibility index (Phi) is 40.6. The lowest BCUT2D eigenvalue weighted by Crippen LogP contribution is -2.29. The molecule has 0 aromatic carbocycles. The first-order valence-electron chi connectivity index (χ1n) is 22.8. The van der Waals surface area contributed by atoms with Crippen LogP contribution in [0.15, 0.2) is 36.5 Å². The van der Waals surface area contributed by atoms with E-state index < -0.39 is 32.5 Å². The molecule has 0 aromatic rings. The molecule has 0 rings (SSSR count). The summed E-state index contributed by atoms with van der Waals surface area (Å²) in [6.45, 7) is 3.67. The van der Waals surface area contributed by atoms with Gasteiger partial charge in [-0.05, 0) is 51.4 Å². The molecular formula is C46H85O8P. The number of esters is 2. The summed E-state index contributed by atoms with van der Waals surface area (Å²) < 4.78 is 26.4. The second-order valence-electron chi connectivity index (χ2n) is 15.4. The van der Waals surface area contributed by atoms with Gasteiger partial charge in [0.25, 0.3) is 0 Å². The number of allylic oxidation sites excluding steroid dienone is 6. The summed E-state index contributed by atoms with van der Waals surface area (Å²) in [5.41, 5.74) is 0. The third kappa shape index (κ3) is 44.8. The monoisotopic (exact) mass is 797 g/mol. The van der Waals surface area contributed by atoms with Gasteiger partial charge >= 0.3 is 19.8 Å². The third-order valence-electron chi connectivity index (χ3n) is 9.91. The van der Waals surface area contributed by atoms with Crippen LogP contribution in [0.25, 0.3) is 0 Å². The highest BCUT2D eigenvalue weighted by atomic mass is 31.2. The number of unbranched alkanes of at least 4 members (excludes halogenated alkanes) is 26. The minimum atomic E-state index is -4.76. The summed E-state index contributed by atoms with van der Waals surface area (Å²) in [5, 5.41) is 0. The molecule has 0 spiro atoms. The molecule has 8 nitrogen and oxygen atoms in total. The van der Waals surface area contributed by atoms with E-state index in [-0.39, 0.29) is 19.4 Å². The zero-order valence-corrected chi connectivity index (χ0v) is 36.5. The highest BCUT2D eigenvalue weighted by molar-refractivity contribution is 7.46. The van der Waals surface area contributed by atoms with Gasteiger partial charge in [-0.3, -0.25) is 14.1 Å². The Hall–Kier alpha value is -1.73. The average molecular weight is 797 g/mol. The molecule has 0 aliphatic carbocycles. The van der Waals surface area contributed by atoms with Crippen LogP contribution >= 0.6 is 7.82 Å². The number of rotatable bonds is 42. The Bertz CT molecular complexity index is 988. The zero-order chi connectivity index (χ0) is 40.3. The van der Waals surface area contributed by atoms with Crippen LogP contribution in [0.1, 0.15) is 226 Å². The van der Waals surface area contributed by atoms with E-state index in [1.54, 1.807) is 0 Å². The summed E-state index contributed by atoms with van der Waals surface area (Å²) in [6, 6.07) is 0. The largest absolute Gasteiger partial charge is 0.469 e. The molecule has 0 heterocycles. The van der Waals surface area contributed by atoms with Gasteiger partial charge in [0, 0.05) is 12.8 Å². The van der Waals surface area contributed by atoms with Crippen LogP contribution in [0, 0.1) is 0 Å². The first-order chi connectivity index (χ1) is 26.8. The maximum Gasteiger partial charge on any atom is 0.469 e. The van der Waals surface area contributed by atoms with Crippen LogP contribution in [-0.2, 0) is 28.2 Å². The summed E-state index contributed by atoms with van der Waals surface area (Å²) in [5.74, 6) is -0.901. The van der Waals surface area contributed by atoms with Crippen LogP contribution in [0.5, 0.6) is 0 Å². The lowest BCUT2D eigenvalue weighted by molar-refractivity contribution is -0.161. The Labute approximate surface area is 338 Å². The number of carbonyl (C=O) groups excluding carboxylic acids is 2. The van der Waals surface area contributed by atoms with Gasteiger partial charge in [0.2, 0.25) is 0 Å². The van der Waals surface area contributed by atoms with Crippen molar-refractivity contribution < 1.29 is 37.9 Å². The van der Waals surface area contributed by atoms with Crippen LogP contribution in [-0.4, -0.2) is 41.0 Å². The molecule has 322 valence electrons. The van der Waals surface area contributed by atoms with Crippen molar-refractivity contribution in [1.29, 1.82) is 0 Å². The van der Waals surface area contributed by atoms with Gasteiger partial charge in [0.1, 0.15) is 6.61 Å². The summed E-state index contributed by atoms with van der Waals surface area (Å²) >= 11 is 0. The zero-order valence-electron chi connectivity index (χ0n) is 35.6. The highest BCUT2D eigenvalue weighted by Gasteiger charge is 2.22. The first-order valence-corrected chi connectivity index (χ1v) is 24.3. The fourth-order valence-corrected chi connectivity index (χ4v) is 6.86. The van der Waals surface area contributed by atoms with E-state index in [0.29, 0.717) is 12.8 Å². The fraction of sp³-hybridized carbons (Fsp3) is 0.826. The molecule has 0 bridgehead atoms. The van der Waals surface area contributed by atoms with Crippen molar-refractivity contribution in [2.45, 2.75) is 232 Å². The van der Waals surface area contributed by atoms with Gasteiger partial charge in [0.05, 0.1) is 6.61 Å². The number of carbonyl (C=O) groups is 2. The van der Waals surface area contributed by atoms with Gasteiger partial charge < -0.3 is 19.3 Å². The predicted octanol–water partition coefficient (Wildman–Crippen LogP) is 14.1. The molecule has 0 aliphatic heterocycles. The Balaban J connectivity index is 3.89. The van der Waals surface area contributed by atoms with E-state index in [1.807, 2.05) is 0 Å². The van der Waals surface area contributed by atoms with Gasteiger partial charge in [0.15, 0.2) is 6.10 Å². The maximum absolute atomic E-state index is 12.4. The Morgan fingerprint density at radius 1 is 0.473 bits per heavy atom.